The van der Waals surface area contributed by atoms with E-state index >= 15 is 0 Å². The van der Waals surface area contributed by atoms with Crippen LogP contribution < -0.4 is 10.6 Å². The van der Waals surface area contributed by atoms with Crippen molar-refractivity contribution in [3.63, 3.8) is 0 Å². The van der Waals surface area contributed by atoms with Crippen LogP contribution in [0.4, 0.5) is 15.8 Å². The van der Waals surface area contributed by atoms with Gasteiger partial charge in [-0.3, -0.25) is 9.59 Å². The first-order valence-electron chi connectivity index (χ1n) is 8.94. The number of amides is 2. The monoisotopic (exact) mass is 447 g/mol. The summed E-state index contributed by atoms with van der Waals surface area (Å²) < 4.78 is 14.6. The molecule has 0 atom stereocenters. The summed E-state index contributed by atoms with van der Waals surface area (Å²) in [5, 5.41) is 14.6. The van der Waals surface area contributed by atoms with Crippen molar-refractivity contribution in [1.82, 2.24) is 14.8 Å². The number of nitrogens with zero attached hydrogens (tertiary/aromatic N) is 3. The molecule has 1 aromatic heterocycles. The van der Waals surface area contributed by atoms with E-state index in [1.807, 2.05) is 13.0 Å². The van der Waals surface area contributed by atoms with Crippen molar-refractivity contribution < 1.29 is 14.0 Å². The molecule has 0 unspecified atom stereocenters. The van der Waals surface area contributed by atoms with E-state index in [4.69, 9.17) is 11.6 Å². The van der Waals surface area contributed by atoms with Gasteiger partial charge in [-0.15, -0.1) is 10.2 Å². The minimum Gasteiger partial charge on any atom is -0.326 e. The first-order chi connectivity index (χ1) is 14.3. The number of hydrogen-bond donors (Lipinski definition) is 2. The lowest BCUT2D eigenvalue weighted by atomic mass is 10.2. The number of carbonyl (C=O) groups excluding carboxylic acids is 2. The summed E-state index contributed by atoms with van der Waals surface area (Å²) in [6, 6.07) is 10.8. The van der Waals surface area contributed by atoms with Crippen molar-refractivity contribution in [2.75, 3.05) is 16.4 Å². The van der Waals surface area contributed by atoms with Gasteiger partial charge in [0.05, 0.1) is 12.2 Å². The molecule has 0 fully saturated rings. The van der Waals surface area contributed by atoms with Gasteiger partial charge in [-0.05, 0) is 48.9 Å². The maximum Gasteiger partial charge on any atom is 0.234 e. The Morgan fingerprint density at radius 1 is 1.07 bits per heavy atom. The molecule has 2 amide bonds. The van der Waals surface area contributed by atoms with Gasteiger partial charge >= 0.3 is 0 Å². The van der Waals surface area contributed by atoms with Gasteiger partial charge in [0.2, 0.25) is 11.8 Å². The highest BCUT2D eigenvalue weighted by Gasteiger charge is 2.15. The Morgan fingerprint density at radius 3 is 2.43 bits per heavy atom. The van der Waals surface area contributed by atoms with Crippen LogP contribution in [-0.2, 0) is 23.1 Å². The number of thioether (sulfide) groups is 1. The Hall–Kier alpha value is -2.91. The van der Waals surface area contributed by atoms with Crippen LogP contribution in [-0.4, -0.2) is 32.3 Å². The van der Waals surface area contributed by atoms with Crippen LogP contribution in [0.2, 0.25) is 5.02 Å². The molecule has 2 N–H and O–H groups in total. The molecule has 2 aromatic carbocycles. The second kappa shape index (κ2) is 9.73. The topological polar surface area (TPSA) is 88.9 Å². The second-order valence-corrected chi connectivity index (χ2v) is 7.84. The van der Waals surface area contributed by atoms with Crippen molar-refractivity contribution >= 4 is 46.6 Å². The number of anilines is 2. The number of aromatic nitrogens is 3. The highest BCUT2D eigenvalue weighted by molar-refractivity contribution is 7.99. The van der Waals surface area contributed by atoms with Gasteiger partial charge in [0.15, 0.2) is 5.16 Å². The summed E-state index contributed by atoms with van der Waals surface area (Å²) >= 11 is 7.26. The highest BCUT2D eigenvalue weighted by Crippen LogP contribution is 2.21. The van der Waals surface area contributed by atoms with Crippen LogP contribution in [0.5, 0.6) is 0 Å². The average molecular weight is 448 g/mol. The van der Waals surface area contributed by atoms with Crippen molar-refractivity contribution in [1.29, 1.82) is 0 Å². The Balaban J connectivity index is 1.53. The van der Waals surface area contributed by atoms with Gasteiger partial charge < -0.3 is 15.2 Å². The molecule has 0 saturated carbocycles. The molecule has 3 rings (SSSR count). The molecule has 0 aliphatic carbocycles. The zero-order valence-electron chi connectivity index (χ0n) is 16.3. The zero-order valence-corrected chi connectivity index (χ0v) is 17.9. The predicted molar refractivity (Wildman–Crippen MR) is 115 cm³/mol. The summed E-state index contributed by atoms with van der Waals surface area (Å²) in [4.78, 5) is 24.4. The predicted octanol–water partition coefficient (Wildman–Crippen LogP) is 3.83. The van der Waals surface area contributed by atoms with Gasteiger partial charge in [0, 0.05) is 23.4 Å². The summed E-state index contributed by atoms with van der Waals surface area (Å²) in [6.07, 6.45) is 0.0251. The summed E-state index contributed by atoms with van der Waals surface area (Å²) in [5.41, 5.74) is 2.03. The maximum absolute atomic E-state index is 12.9. The van der Waals surface area contributed by atoms with Crippen LogP contribution >= 0.6 is 23.4 Å². The van der Waals surface area contributed by atoms with E-state index < -0.39 is 0 Å². The van der Waals surface area contributed by atoms with Crippen molar-refractivity contribution in [2.45, 2.75) is 18.5 Å². The molecule has 7 nitrogen and oxygen atoms in total. The van der Waals surface area contributed by atoms with Crippen LogP contribution in [0, 0.1) is 12.7 Å². The summed E-state index contributed by atoms with van der Waals surface area (Å²) in [7, 11) is 1.73. The molecular weight excluding hydrogens is 429 g/mol. The van der Waals surface area contributed by atoms with E-state index in [-0.39, 0.29) is 29.8 Å². The van der Waals surface area contributed by atoms with Crippen molar-refractivity contribution in [2.24, 2.45) is 7.05 Å². The fourth-order valence-corrected chi connectivity index (χ4v) is 3.41. The number of halogens is 2. The van der Waals surface area contributed by atoms with Gasteiger partial charge in [0.25, 0.3) is 0 Å². The average Bonchev–Trinajstić information content (AvgIpc) is 3.04. The standard InChI is InChI=1S/C20H19ClFN5O2S/c1-12-3-6-15(9-16(12)21)24-18(28)10-17-25-26-20(27(17)2)30-11-19(29)23-14-7-4-13(22)5-8-14/h3-9H,10-11H2,1-2H3,(H,23,29)(H,24,28). The van der Waals surface area contributed by atoms with Gasteiger partial charge in [-0.1, -0.05) is 29.4 Å². The lowest BCUT2D eigenvalue weighted by Crippen LogP contribution is -2.17. The number of benzene rings is 2. The molecule has 30 heavy (non-hydrogen) atoms. The van der Waals surface area contributed by atoms with Crippen LogP contribution in [0.15, 0.2) is 47.6 Å². The van der Waals surface area contributed by atoms with Crippen LogP contribution in [0.1, 0.15) is 11.4 Å². The number of hydrogen-bond acceptors (Lipinski definition) is 5. The number of nitrogens with one attached hydrogen (secondary N) is 2. The first-order valence-corrected chi connectivity index (χ1v) is 10.3. The maximum atomic E-state index is 12.9. The largest absolute Gasteiger partial charge is 0.326 e. The summed E-state index contributed by atoms with van der Waals surface area (Å²) in [5.74, 6) is -0.325. The summed E-state index contributed by atoms with van der Waals surface area (Å²) in [6.45, 7) is 1.88. The molecule has 3 aromatic rings. The molecule has 0 saturated heterocycles. The fourth-order valence-electron chi connectivity index (χ4n) is 2.50. The third-order valence-electron chi connectivity index (χ3n) is 4.16. The lowest BCUT2D eigenvalue weighted by molar-refractivity contribution is -0.116. The van der Waals surface area contributed by atoms with Gasteiger partial charge in [0.1, 0.15) is 11.6 Å². The van der Waals surface area contributed by atoms with E-state index in [0.29, 0.717) is 27.4 Å². The Kier molecular flexibility index (Phi) is 7.07. The van der Waals surface area contributed by atoms with Crippen LogP contribution in [0.3, 0.4) is 0 Å². The Bertz CT molecular complexity index is 1070. The molecule has 0 bridgehead atoms. The Labute approximate surface area is 182 Å². The molecular formula is C20H19ClFN5O2S. The third-order valence-corrected chi connectivity index (χ3v) is 5.59. The number of carbonyl (C=O) groups is 2. The third kappa shape index (κ3) is 5.80. The van der Waals surface area contributed by atoms with E-state index in [0.717, 1.165) is 5.56 Å². The minimum atomic E-state index is -0.372. The quantitative estimate of drug-likeness (QED) is 0.537. The highest BCUT2D eigenvalue weighted by atomic mass is 35.5. The normalized spacial score (nSPS) is 10.7. The smallest absolute Gasteiger partial charge is 0.234 e. The fraction of sp³-hybridized carbons (Fsp3) is 0.200. The minimum absolute atomic E-state index is 0.0251. The van der Waals surface area contributed by atoms with E-state index in [1.54, 1.807) is 23.7 Å². The molecule has 10 heteroatoms. The van der Waals surface area contributed by atoms with Crippen molar-refractivity contribution in [3.8, 4) is 0 Å². The van der Waals surface area contributed by atoms with Crippen molar-refractivity contribution in [3.05, 3.63) is 64.7 Å². The number of aryl methyl sites for hydroxylation is 1. The SMILES string of the molecule is Cc1ccc(NC(=O)Cc2nnc(SCC(=O)Nc3ccc(F)cc3)n2C)cc1Cl. The van der Waals surface area contributed by atoms with Crippen LogP contribution in [0.25, 0.3) is 0 Å². The van der Waals surface area contributed by atoms with Gasteiger partial charge in [-0.25, -0.2) is 4.39 Å². The molecule has 0 spiro atoms. The van der Waals surface area contributed by atoms with E-state index in [1.165, 1.54) is 36.0 Å². The molecule has 0 aliphatic rings. The Morgan fingerprint density at radius 2 is 1.73 bits per heavy atom. The van der Waals surface area contributed by atoms with Gasteiger partial charge in [-0.2, -0.15) is 0 Å². The molecule has 156 valence electrons. The molecule has 0 radical (unpaired) electrons. The van der Waals surface area contributed by atoms with E-state index in [2.05, 4.69) is 20.8 Å². The van der Waals surface area contributed by atoms with E-state index in [9.17, 15) is 14.0 Å². The molecule has 0 aliphatic heterocycles. The second-order valence-electron chi connectivity index (χ2n) is 6.49. The number of rotatable bonds is 7. The zero-order chi connectivity index (χ0) is 21.7. The first kappa shape index (κ1) is 21.8. The lowest BCUT2D eigenvalue weighted by Gasteiger charge is -2.07. The molecule has 1 heterocycles.